The molecule has 2 saturated heterocycles. The molecule has 1 saturated carbocycles. The van der Waals surface area contributed by atoms with Crippen molar-refractivity contribution >= 4 is 29.2 Å². The second kappa shape index (κ2) is 10.2. The number of nitrogens with one attached hydrogen (secondary N) is 2. The molecule has 0 spiro atoms. The molecule has 1 aromatic rings. The maximum Gasteiger partial charge on any atom is 0.322 e. The van der Waals surface area contributed by atoms with Crippen molar-refractivity contribution in [1.82, 2.24) is 10.2 Å². The lowest BCUT2D eigenvalue weighted by Crippen LogP contribution is -2.58. The molecule has 170 valence electrons. The van der Waals surface area contributed by atoms with Gasteiger partial charge >= 0.3 is 6.03 Å². The van der Waals surface area contributed by atoms with Gasteiger partial charge in [-0.05, 0) is 55.9 Å². The minimum atomic E-state index is -0.775. The first-order chi connectivity index (χ1) is 15.0. The number of aliphatic hydroxyl groups excluding tert-OH is 1. The molecule has 9 heteroatoms. The van der Waals surface area contributed by atoms with Crippen molar-refractivity contribution in [3.05, 3.63) is 29.3 Å². The highest BCUT2D eigenvalue weighted by molar-refractivity contribution is 6.30. The topological polar surface area (TPSA) is 100 Å². The first-order valence-electron chi connectivity index (χ1n) is 11.0. The Morgan fingerprint density at radius 3 is 2.65 bits per heavy atom. The van der Waals surface area contributed by atoms with E-state index in [1.807, 2.05) is 0 Å². The van der Waals surface area contributed by atoms with Gasteiger partial charge in [0, 0.05) is 17.3 Å². The SMILES string of the molecule is O=C(C[C@H]1CC[C@H]2[C@@H](COC[C@@H](O)CN2C(=O)Nc2ccc(Cl)cc2)O1)NCC1CC1. The van der Waals surface area contributed by atoms with Gasteiger partial charge in [0.15, 0.2) is 0 Å². The van der Waals surface area contributed by atoms with Gasteiger partial charge in [-0.1, -0.05) is 11.6 Å². The summed E-state index contributed by atoms with van der Waals surface area (Å²) < 4.78 is 11.8. The minimum Gasteiger partial charge on any atom is -0.389 e. The number of fused-ring (bicyclic) bond motifs is 1. The lowest BCUT2D eigenvalue weighted by molar-refractivity contribution is -0.149. The molecular formula is C22H30ClN3O5. The van der Waals surface area contributed by atoms with E-state index in [4.69, 9.17) is 21.1 Å². The monoisotopic (exact) mass is 451 g/mol. The third-order valence-electron chi connectivity index (χ3n) is 6.04. The van der Waals surface area contributed by atoms with E-state index in [1.165, 1.54) is 12.8 Å². The second-order valence-electron chi connectivity index (χ2n) is 8.67. The molecule has 8 nitrogen and oxygen atoms in total. The van der Waals surface area contributed by atoms with Crippen LogP contribution in [0.4, 0.5) is 10.5 Å². The summed E-state index contributed by atoms with van der Waals surface area (Å²) in [5, 5.41) is 16.7. The van der Waals surface area contributed by atoms with Gasteiger partial charge in [-0.15, -0.1) is 0 Å². The molecule has 0 aromatic heterocycles. The number of anilines is 1. The van der Waals surface area contributed by atoms with Crippen LogP contribution in [-0.4, -0.2) is 72.6 Å². The molecule has 4 atom stereocenters. The number of aliphatic hydroxyl groups is 1. The molecule has 0 radical (unpaired) electrons. The number of nitrogens with zero attached hydrogens (tertiary/aromatic N) is 1. The van der Waals surface area contributed by atoms with E-state index in [-0.39, 0.29) is 49.9 Å². The first-order valence-corrected chi connectivity index (χ1v) is 11.4. The van der Waals surface area contributed by atoms with E-state index in [0.29, 0.717) is 35.9 Å². The van der Waals surface area contributed by atoms with Gasteiger partial charge < -0.3 is 30.1 Å². The highest BCUT2D eigenvalue weighted by atomic mass is 35.5. The molecular weight excluding hydrogens is 422 g/mol. The van der Waals surface area contributed by atoms with Crippen LogP contribution in [0.15, 0.2) is 24.3 Å². The molecule has 3 fully saturated rings. The molecule has 2 aliphatic heterocycles. The Kier molecular flexibility index (Phi) is 7.32. The largest absolute Gasteiger partial charge is 0.389 e. The van der Waals surface area contributed by atoms with Crippen molar-refractivity contribution in [2.75, 3.05) is 31.6 Å². The smallest absolute Gasteiger partial charge is 0.322 e. The Labute approximate surface area is 187 Å². The normalized spacial score (nSPS) is 28.8. The van der Waals surface area contributed by atoms with Crippen LogP contribution in [0.3, 0.4) is 0 Å². The van der Waals surface area contributed by atoms with Crippen LogP contribution in [0.1, 0.15) is 32.1 Å². The molecule has 3 aliphatic rings. The molecule has 2 heterocycles. The van der Waals surface area contributed by atoms with E-state index in [1.54, 1.807) is 29.2 Å². The number of hydrogen-bond acceptors (Lipinski definition) is 5. The molecule has 4 rings (SSSR count). The highest BCUT2D eigenvalue weighted by Crippen LogP contribution is 2.29. The fraction of sp³-hybridized carbons (Fsp3) is 0.636. The summed E-state index contributed by atoms with van der Waals surface area (Å²) in [5.41, 5.74) is 0.626. The fourth-order valence-corrected chi connectivity index (χ4v) is 4.29. The van der Waals surface area contributed by atoms with Gasteiger partial charge in [-0.25, -0.2) is 4.79 Å². The van der Waals surface area contributed by atoms with Crippen LogP contribution < -0.4 is 10.6 Å². The Hall–Kier alpha value is -1.87. The average Bonchev–Trinajstić information content (AvgIpc) is 3.56. The standard InChI is InChI=1S/C22H30ClN3O5/c23-15-3-5-16(6-4-15)25-22(29)26-11-17(27)12-30-13-20-19(26)8-7-18(31-20)9-21(28)24-10-14-1-2-14/h3-6,14,17-20,27H,1-2,7-13H2,(H,24,28)(H,25,29)/t17-,18+,19-,20+/m0/s1. The highest BCUT2D eigenvalue weighted by Gasteiger charge is 2.40. The number of rotatable bonds is 5. The zero-order chi connectivity index (χ0) is 21.8. The number of carbonyl (C=O) groups excluding carboxylic acids is 2. The van der Waals surface area contributed by atoms with Gasteiger partial charge in [0.05, 0.1) is 44.4 Å². The molecule has 3 N–H and O–H groups in total. The van der Waals surface area contributed by atoms with Crippen molar-refractivity contribution in [3.63, 3.8) is 0 Å². The van der Waals surface area contributed by atoms with Gasteiger partial charge in [0.1, 0.15) is 6.10 Å². The Bertz CT molecular complexity index is 773. The maximum atomic E-state index is 13.0. The molecule has 3 amide bonds. The van der Waals surface area contributed by atoms with Crippen molar-refractivity contribution in [2.24, 2.45) is 5.92 Å². The summed E-state index contributed by atoms with van der Waals surface area (Å²) in [5.74, 6) is 0.647. The van der Waals surface area contributed by atoms with Gasteiger partial charge in [-0.2, -0.15) is 0 Å². The number of hydrogen-bond donors (Lipinski definition) is 3. The van der Waals surface area contributed by atoms with E-state index in [0.717, 1.165) is 6.54 Å². The third-order valence-corrected chi connectivity index (χ3v) is 6.29. The van der Waals surface area contributed by atoms with Crippen molar-refractivity contribution in [2.45, 2.75) is 56.5 Å². The number of halogens is 1. The van der Waals surface area contributed by atoms with Crippen LogP contribution in [0.2, 0.25) is 5.02 Å². The molecule has 0 bridgehead atoms. The summed E-state index contributed by atoms with van der Waals surface area (Å²) in [6, 6.07) is 6.33. The summed E-state index contributed by atoms with van der Waals surface area (Å²) in [6.07, 6.45) is 2.72. The molecule has 31 heavy (non-hydrogen) atoms. The van der Waals surface area contributed by atoms with E-state index in [2.05, 4.69) is 10.6 Å². The zero-order valence-electron chi connectivity index (χ0n) is 17.5. The van der Waals surface area contributed by atoms with Gasteiger partial charge in [0.2, 0.25) is 5.91 Å². The van der Waals surface area contributed by atoms with Crippen LogP contribution >= 0.6 is 11.6 Å². The van der Waals surface area contributed by atoms with Crippen LogP contribution in [0, 0.1) is 5.92 Å². The van der Waals surface area contributed by atoms with Crippen LogP contribution in [0.5, 0.6) is 0 Å². The summed E-state index contributed by atoms with van der Waals surface area (Å²) in [6.45, 7) is 1.30. The summed E-state index contributed by atoms with van der Waals surface area (Å²) in [4.78, 5) is 26.9. The van der Waals surface area contributed by atoms with Crippen LogP contribution in [0.25, 0.3) is 0 Å². The minimum absolute atomic E-state index is 0.00914. The van der Waals surface area contributed by atoms with E-state index < -0.39 is 6.10 Å². The molecule has 0 unspecified atom stereocenters. The second-order valence-corrected chi connectivity index (χ2v) is 9.11. The van der Waals surface area contributed by atoms with Crippen molar-refractivity contribution in [3.8, 4) is 0 Å². The fourth-order valence-electron chi connectivity index (χ4n) is 4.16. The number of ether oxygens (including phenoxy) is 2. The van der Waals surface area contributed by atoms with Gasteiger partial charge in [-0.3, -0.25) is 4.79 Å². The zero-order valence-corrected chi connectivity index (χ0v) is 18.2. The van der Waals surface area contributed by atoms with E-state index in [9.17, 15) is 14.7 Å². The predicted octanol–water partition coefficient (Wildman–Crippen LogP) is 2.40. The summed E-state index contributed by atoms with van der Waals surface area (Å²) in [7, 11) is 0. The number of carbonyl (C=O) groups is 2. The van der Waals surface area contributed by atoms with Gasteiger partial charge in [0.25, 0.3) is 0 Å². The number of amides is 3. The quantitative estimate of drug-likeness (QED) is 0.638. The number of benzene rings is 1. The Morgan fingerprint density at radius 2 is 1.90 bits per heavy atom. The van der Waals surface area contributed by atoms with Crippen LogP contribution in [-0.2, 0) is 14.3 Å². The van der Waals surface area contributed by atoms with Crippen molar-refractivity contribution < 1.29 is 24.2 Å². The lowest BCUT2D eigenvalue weighted by atomic mass is 9.95. The Balaban J connectivity index is 1.38. The third kappa shape index (κ3) is 6.32. The first kappa shape index (κ1) is 22.3. The number of β-amino-alcohol motifs (C(OH)–C–C–N with tert-alkyl or cyclic N) is 1. The molecule has 1 aliphatic carbocycles. The van der Waals surface area contributed by atoms with Crippen molar-refractivity contribution in [1.29, 1.82) is 0 Å². The maximum absolute atomic E-state index is 13.0. The number of urea groups is 1. The average molecular weight is 452 g/mol. The predicted molar refractivity (Wildman–Crippen MR) is 116 cm³/mol. The van der Waals surface area contributed by atoms with E-state index >= 15 is 0 Å². The Morgan fingerprint density at radius 1 is 1.13 bits per heavy atom. The lowest BCUT2D eigenvalue weighted by Gasteiger charge is -2.44. The molecule has 1 aromatic carbocycles. The summed E-state index contributed by atoms with van der Waals surface area (Å²) >= 11 is 5.92.